The number of aliphatic hydroxyl groups is 1. The van der Waals surface area contributed by atoms with Crippen LogP contribution in [0.4, 0.5) is 0 Å². The lowest BCUT2D eigenvalue weighted by molar-refractivity contribution is 0.221. The zero-order chi connectivity index (χ0) is 22.2. The molecule has 1 saturated heterocycles. The molecule has 0 amide bonds. The number of piperidine rings is 1. The minimum Gasteiger partial charge on any atom is -0.396 e. The topological polar surface area (TPSA) is 23.5 Å². The highest BCUT2D eigenvalue weighted by Gasteiger charge is 2.15. The lowest BCUT2D eigenvalue weighted by atomic mass is 9.87. The Balaban J connectivity index is 1.74. The number of likely N-dealkylation sites (tertiary alicyclic amines) is 1. The molecule has 3 heteroatoms. The molecule has 0 radical (unpaired) electrons. The van der Waals surface area contributed by atoms with Gasteiger partial charge >= 0.3 is 0 Å². The van der Waals surface area contributed by atoms with Crippen LogP contribution in [-0.2, 0) is 6.54 Å². The van der Waals surface area contributed by atoms with Gasteiger partial charge in [0.05, 0.1) is 0 Å². The predicted octanol–water partition coefficient (Wildman–Crippen LogP) is 7.17. The van der Waals surface area contributed by atoms with E-state index in [1.54, 1.807) is 0 Å². The highest BCUT2D eigenvalue weighted by molar-refractivity contribution is 9.10. The second-order valence-electron chi connectivity index (χ2n) is 8.59. The number of hydrogen-bond donors (Lipinski definition) is 1. The van der Waals surface area contributed by atoms with Crippen LogP contribution in [0.25, 0.3) is 11.1 Å². The maximum atomic E-state index is 9.58. The first-order chi connectivity index (χ1) is 15.7. The van der Waals surface area contributed by atoms with E-state index in [9.17, 15) is 5.11 Å². The standard InChI is InChI=1S/C29H32BrNO/c30-27-17-15-26(16-18-27)29(28(10-7-21-32)24-8-3-1-4-9-24)25-13-11-23(12-14-25)22-31-19-5-2-6-20-31/h1,3-4,8-9,11-18,32H,2,5-7,10,19-22H2/b29-28+. The Morgan fingerprint density at radius 3 is 2.00 bits per heavy atom. The number of hydrogen-bond acceptors (Lipinski definition) is 2. The van der Waals surface area contributed by atoms with Crippen LogP contribution in [-0.4, -0.2) is 29.7 Å². The molecule has 0 bridgehead atoms. The van der Waals surface area contributed by atoms with Crippen LogP contribution in [0, 0.1) is 0 Å². The fourth-order valence-corrected chi connectivity index (χ4v) is 4.86. The molecule has 3 aromatic rings. The van der Waals surface area contributed by atoms with Crippen LogP contribution in [0.2, 0.25) is 0 Å². The van der Waals surface area contributed by atoms with Crippen molar-refractivity contribution in [2.24, 2.45) is 0 Å². The summed E-state index contributed by atoms with van der Waals surface area (Å²) in [5.74, 6) is 0. The van der Waals surface area contributed by atoms with Crippen molar-refractivity contribution in [3.8, 4) is 0 Å². The SMILES string of the molecule is OCCC/C(=C(\c1ccc(Br)cc1)c1ccc(CN2CCCCC2)cc1)c1ccccc1. The number of benzene rings is 3. The van der Waals surface area contributed by atoms with Gasteiger partial charge in [0.25, 0.3) is 0 Å². The zero-order valence-electron chi connectivity index (χ0n) is 18.6. The summed E-state index contributed by atoms with van der Waals surface area (Å²) in [6.45, 7) is 3.66. The number of rotatable bonds is 8. The number of halogens is 1. The van der Waals surface area contributed by atoms with Gasteiger partial charge in [-0.1, -0.05) is 89.1 Å². The first kappa shape index (κ1) is 23.0. The van der Waals surface area contributed by atoms with Gasteiger partial charge in [0.1, 0.15) is 0 Å². The van der Waals surface area contributed by atoms with Crippen LogP contribution in [0.1, 0.15) is 54.4 Å². The minimum absolute atomic E-state index is 0.193. The van der Waals surface area contributed by atoms with E-state index >= 15 is 0 Å². The van der Waals surface area contributed by atoms with Crippen molar-refractivity contribution in [2.75, 3.05) is 19.7 Å². The summed E-state index contributed by atoms with van der Waals surface area (Å²) < 4.78 is 1.08. The maximum absolute atomic E-state index is 9.58. The molecule has 2 nitrogen and oxygen atoms in total. The van der Waals surface area contributed by atoms with Gasteiger partial charge in [0.15, 0.2) is 0 Å². The summed E-state index contributed by atoms with van der Waals surface area (Å²) in [7, 11) is 0. The van der Waals surface area contributed by atoms with Crippen LogP contribution in [0.15, 0.2) is 83.3 Å². The second kappa shape index (κ2) is 11.6. The Morgan fingerprint density at radius 2 is 1.38 bits per heavy atom. The largest absolute Gasteiger partial charge is 0.396 e. The Hall–Kier alpha value is -2.20. The molecule has 0 aromatic heterocycles. The highest BCUT2D eigenvalue weighted by Crippen LogP contribution is 2.35. The minimum atomic E-state index is 0.193. The van der Waals surface area contributed by atoms with Crippen molar-refractivity contribution in [3.63, 3.8) is 0 Å². The number of nitrogens with zero attached hydrogens (tertiary/aromatic N) is 1. The average molecular weight is 490 g/mol. The van der Waals surface area contributed by atoms with Gasteiger partial charge in [-0.05, 0) is 84.3 Å². The van der Waals surface area contributed by atoms with Gasteiger partial charge in [-0.15, -0.1) is 0 Å². The van der Waals surface area contributed by atoms with Gasteiger partial charge in [-0.2, -0.15) is 0 Å². The third-order valence-corrected chi connectivity index (χ3v) is 6.77. The Kier molecular flexibility index (Phi) is 8.33. The predicted molar refractivity (Wildman–Crippen MR) is 138 cm³/mol. The fraction of sp³-hybridized carbons (Fsp3) is 0.310. The monoisotopic (exact) mass is 489 g/mol. The first-order valence-electron chi connectivity index (χ1n) is 11.7. The van der Waals surface area contributed by atoms with Crippen molar-refractivity contribution in [3.05, 3.63) is 106 Å². The average Bonchev–Trinajstić information content (AvgIpc) is 2.84. The molecule has 0 atom stereocenters. The van der Waals surface area contributed by atoms with Gasteiger partial charge in [-0.25, -0.2) is 0 Å². The van der Waals surface area contributed by atoms with E-state index < -0.39 is 0 Å². The highest BCUT2D eigenvalue weighted by atomic mass is 79.9. The van der Waals surface area contributed by atoms with Crippen LogP contribution in [0.3, 0.4) is 0 Å². The van der Waals surface area contributed by atoms with Gasteiger partial charge in [-0.3, -0.25) is 4.90 Å². The van der Waals surface area contributed by atoms with Crippen molar-refractivity contribution in [2.45, 2.75) is 38.6 Å². The van der Waals surface area contributed by atoms with Crippen molar-refractivity contribution >= 4 is 27.1 Å². The summed E-state index contributed by atoms with van der Waals surface area (Å²) in [5.41, 5.74) is 7.56. The normalized spacial score (nSPS) is 15.4. The Morgan fingerprint density at radius 1 is 0.750 bits per heavy atom. The van der Waals surface area contributed by atoms with E-state index in [1.807, 2.05) is 0 Å². The molecule has 0 aliphatic carbocycles. The molecule has 1 heterocycles. The fourth-order valence-electron chi connectivity index (χ4n) is 4.59. The molecule has 0 unspecified atom stereocenters. The molecule has 3 aromatic carbocycles. The summed E-state index contributed by atoms with van der Waals surface area (Å²) in [6, 6.07) is 28.3. The van der Waals surface area contributed by atoms with Crippen molar-refractivity contribution in [1.29, 1.82) is 0 Å². The lowest BCUT2D eigenvalue weighted by Crippen LogP contribution is -2.29. The van der Waals surface area contributed by atoms with E-state index in [0.29, 0.717) is 0 Å². The number of allylic oxidation sites excluding steroid dienone is 1. The van der Waals surface area contributed by atoms with Crippen LogP contribution < -0.4 is 0 Å². The molecule has 0 spiro atoms. The zero-order valence-corrected chi connectivity index (χ0v) is 20.2. The first-order valence-corrected chi connectivity index (χ1v) is 12.5. The number of aliphatic hydroxyl groups excluding tert-OH is 1. The molecular weight excluding hydrogens is 458 g/mol. The van der Waals surface area contributed by atoms with E-state index in [4.69, 9.17) is 0 Å². The molecule has 1 aliphatic heterocycles. The molecule has 1 fully saturated rings. The molecule has 166 valence electrons. The smallest absolute Gasteiger partial charge is 0.0434 e. The molecule has 32 heavy (non-hydrogen) atoms. The lowest BCUT2D eigenvalue weighted by Gasteiger charge is -2.26. The second-order valence-corrected chi connectivity index (χ2v) is 9.50. The van der Waals surface area contributed by atoms with Crippen LogP contribution >= 0.6 is 15.9 Å². The summed E-state index contributed by atoms with van der Waals surface area (Å²) in [5, 5.41) is 9.58. The van der Waals surface area contributed by atoms with Gasteiger partial charge in [0.2, 0.25) is 0 Å². The summed E-state index contributed by atoms with van der Waals surface area (Å²) in [6.07, 6.45) is 5.59. The van der Waals surface area contributed by atoms with Crippen molar-refractivity contribution in [1.82, 2.24) is 4.90 Å². The summed E-state index contributed by atoms with van der Waals surface area (Å²) in [4.78, 5) is 2.57. The molecule has 4 rings (SSSR count). The van der Waals surface area contributed by atoms with Crippen LogP contribution in [0.5, 0.6) is 0 Å². The third kappa shape index (κ3) is 5.98. The molecular formula is C29H32BrNO. The van der Waals surface area contributed by atoms with Gasteiger partial charge in [0, 0.05) is 17.6 Å². The molecule has 0 saturated carbocycles. The quantitative estimate of drug-likeness (QED) is 0.339. The molecule has 1 N–H and O–H groups in total. The van der Waals surface area contributed by atoms with E-state index in [1.165, 1.54) is 65.8 Å². The van der Waals surface area contributed by atoms with Gasteiger partial charge < -0.3 is 5.11 Å². The van der Waals surface area contributed by atoms with E-state index in [0.717, 1.165) is 23.9 Å². The van der Waals surface area contributed by atoms with E-state index in [-0.39, 0.29) is 6.61 Å². The molecule has 1 aliphatic rings. The summed E-state index contributed by atoms with van der Waals surface area (Å²) >= 11 is 3.58. The Bertz CT molecular complexity index is 1000. The third-order valence-electron chi connectivity index (χ3n) is 6.24. The maximum Gasteiger partial charge on any atom is 0.0434 e. The van der Waals surface area contributed by atoms with E-state index in [2.05, 4.69) is 99.7 Å². The Labute approximate surface area is 200 Å². The van der Waals surface area contributed by atoms with Crippen molar-refractivity contribution < 1.29 is 5.11 Å².